The second kappa shape index (κ2) is 10.5. The minimum absolute atomic E-state index is 0.112. The lowest BCUT2D eigenvalue weighted by molar-refractivity contribution is -0.142. The van der Waals surface area contributed by atoms with Gasteiger partial charge in [0.15, 0.2) is 5.83 Å². The van der Waals surface area contributed by atoms with Crippen molar-refractivity contribution in [3.05, 3.63) is 58.3 Å². The van der Waals surface area contributed by atoms with Gasteiger partial charge in [-0.2, -0.15) is 0 Å². The third-order valence-corrected chi connectivity index (χ3v) is 9.48. The molecule has 10 heteroatoms. The fourth-order valence-electron chi connectivity index (χ4n) is 7.32. The maximum atomic E-state index is 15.9. The van der Waals surface area contributed by atoms with Crippen molar-refractivity contribution in [1.82, 2.24) is 20.4 Å². The highest BCUT2D eigenvalue weighted by molar-refractivity contribution is 6.30. The first-order chi connectivity index (χ1) is 19.4. The first-order valence-corrected chi connectivity index (χ1v) is 15.0. The lowest BCUT2D eigenvalue weighted by atomic mass is 9.64. The Bertz CT molecular complexity index is 1330. The molecule has 2 N–H and O–H groups in total. The number of piperazine rings is 1. The zero-order valence-corrected chi connectivity index (χ0v) is 24.4. The predicted molar refractivity (Wildman–Crippen MR) is 151 cm³/mol. The van der Waals surface area contributed by atoms with E-state index in [-0.39, 0.29) is 23.1 Å². The molecule has 7 nitrogen and oxygen atoms in total. The molecule has 41 heavy (non-hydrogen) atoms. The van der Waals surface area contributed by atoms with Crippen molar-refractivity contribution < 1.29 is 23.2 Å². The fraction of sp³-hybridized carbons (Fsp3) is 0.581. The smallest absolute Gasteiger partial charge is 0.240 e. The lowest BCUT2D eigenvalue weighted by Gasteiger charge is -2.44. The summed E-state index contributed by atoms with van der Waals surface area (Å²) in [4.78, 5) is 44.4. The maximum Gasteiger partial charge on any atom is 0.240 e. The van der Waals surface area contributed by atoms with Crippen LogP contribution in [-0.4, -0.2) is 65.8 Å². The summed E-state index contributed by atoms with van der Waals surface area (Å²) in [6.45, 7) is 7.85. The summed E-state index contributed by atoms with van der Waals surface area (Å²) >= 11 is 6.39. The molecule has 4 bridgehead atoms. The molecular formula is C31H37ClF2N4O3. The maximum absolute atomic E-state index is 15.9. The van der Waals surface area contributed by atoms with E-state index in [9.17, 15) is 18.8 Å². The molecule has 4 fully saturated rings. The molecule has 5 aliphatic rings. The van der Waals surface area contributed by atoms with Gasteiger partial charge in [0.2, 0.25) is 17.7 Å². The third-order valence-electron chi connectivity index (χ3n) is 9.24. The van der Waals surface area contributed by atoms with Crippen LogP contribution in [0.4, 0.5) is 8.78 Å². The first-order valence-electron chi connectivity index (χ1n) is 14.6. The number of hydrogen-bond donors (Lipinski definition) is 2. The zero-order chi connectivity index (χ0) is 29.2. The summed E-state index contributed by atoms with van der Waals surface area (Å²) in [7, 11) is 0. The number of halogens is 3. The van der Waals surface area contributed by atoms with Crippen LogP contribution in [0.15, 0.2) is 47.7 Å². The highest BCUT2D eigenvalue weighted by atomic mass is 35.5. The van der Waals surface area contributed by atoms with Crippen LogP contribution in [-0.2, 0) is 14.4 Å². The van der Waals surface area contributed by atoms with Gasteiger partial charge in [-0.1, -0.05) is 44.5 Å². The quantitative estimate of drug-likeness (QED) is 0.551. The zero-order valence-electron chi connectivity index (χ0n) is 23.6. The molecule has 0 radical (unpaired) electrons. The highest BCUT2D eigenvalue weighted by Crippen LogP contribution is 2.53. The molecule has 6 rings (SSSR count). The summed E-state index contributed by atoms with van der Waals surface area (Å²) in [6.07, 6.45) is 3.51. The van der Waals surface area contributed by atoms with Crippen molar-refractivity contribution in [2.24, 2.45) is 29.1 Å². The molecule has 1 saturated carbocycles. The van der Waals surface area contributed by atoms with Gasteiger partial charge in [-0.25, -0.2) is 8.78 Å². The number of hydrogen-bond acceptors (Lipinski definition) is 4. The second-order valence-electron chi connectivity index (χ2n) is 13.4. The van der Waals surface area contributed by atoms with E-state index in [1.807, 2.05) is 4.90 Å². The van der Waals surface area contributed by atoms with Crippen LogP contribution < -0.4 is 10.6 Å². The average Bonchev–Trinajstić information content (AvgIpc) is 3.76. The predicted octanol–water partition coefficient (Wildman–Crippen LogP) is 4.31. The Morgan fingerprint density at radius 2 is 1.63 bits per heavy atom. The van der Waals surface area contributed by atoms with E-state index in [0.717, 1.165) is 18.9 Å². The van der Waals surface area contributed by atoms with E-state index in [1.54, 1.807) is 29.2 Å². The first kappa shape index (κ1) is 28.3. The van der Waals surface area contributed by atoms with Crippen LogP contribution in [0.25, 0.3) is 0 Å². The van der Waals surface area contributed by atoms with Crippen molar-refractivity contribution in [3.63, 3.8) is 0 Å². The van der Waals surface area contributed by atoms with E-state index in [1.165, 1.54) is 0 Å². The topological polar surface area (TPSA) is 81.8 Å². The molecule has 3 aliphatic heterocycles. The van der Waals surface area contributed by atoms with Gasteiger partial charge >= 0.3 is 0 Å². The number of allylic oxidation sites excluding steroid dienone is 3. The van der Waals surface area contributed by atoms with Gasteiger partial charge in [-0.05, 0) is 48.4 Å². The van der Waals surface area contributed by atoms with Crippen molar-refractivity contribution in [2.75, 3.05) is 26.2 Å². The van der Waals surface area contributed by atoms with Gasteiger partial charge in [0.25, 0.3) is 0 Å². The Morgan fingerprint density at radius 3 is 2.24 bits per heavy atom. The van der Waals surface area contributed by atoms with Gasteiger partial charge in [-0.3, -0.25) is 14.4 Å². The molecule has 0 spiro atoms. The Labute approximate surface area is 244 Å². The molecule has 0 aromatic heterocycles. The van der Waals surface area contributed by atoms with Gasteiger partial charge in [0, 0.05) is 66.6 Å². The van der Waals surface area contributed by atoms with Crippen molar-refractivity contribution >= 4 is 29.3 Å². The minimum Gasteiger partial charge on any atom is -0.339 e. The fourth-order valence-corrected chi connectivity index (χ4v) is 7.52. The van der Waals surface area contributed by atoms with Gasteiger partial charge in [-0.15, -0.1) is 0 Å². The van der Waals surface area contributed by atoms with E-state index in [2.05, 4.69) is 31.4 Å². The molecular weight excluding hydrogens is 550 g/mol. The standard InChI is InChI=1S/C31H37ClF2N4O3/c1-31(2,3)15-21-23-20-14-19(33)26(34)24(23)25(28(39)36-20)22(17-5-4-6-18(32)13-17)27(35-21)30(41)38-11-9-37(10-12-38)29(40)16-7-8-16/h4-6,13-14,16,21-25,27,35H,7-12,15H2,1-3H3,(H,36,39)/t21-,22-,23?,24?,25+,27-/m1/s1. The van der Waals surface area contributed by atoms with Crippen LogP contribution in [0.1, 0.15) is 51.5 Å². The van der Waals surface area contributed by atoms with Crippen molar-refractivity contribution in [2.45, 2.75) is 58.0 Å². The van der Waals surface area contributed by atoms with Crippen molar-refractivity contribution in [1.29, 1.82) is 0 Å². The highest BCUT2D eigenvalue weighted by Gasteiger charge is 2.58. The summed E-state index contributed by atoms with van der Waals surface area (Å²) in [5.74, 6) is -5.74. The number of nitrogens with one attached hydrogen (secondary N) is 2. The van der Waals surface area contributed by atoms with Gasteiger partial charge in [0.1, 0.15) is 5.83 Å². The monoisotopic (exact) mass is 586 g/mol. The number of carbonyl (C=O) groups excluding carboxylic acids is 3. The molecule has 1 aromatic rings. The lowest BCUT2D eigenvalue weighted by Crippen LogP contribution is -2.58. The van der Waals surface area contributed by atoms with Crippen LogP contribution in [0, 0.1) is 29.1 Å². The SMILES string of the molecule is CC(C)(C)C[C@H]1N[C@@H](C(=O)N2CCN(C(=O)C3CC3)CC2)[C@H](c2cccc(Cl)c2)[C@@H]2C(=O)NC3=CC(F)=C(F)C2C31. The number of amides is 3. The van der Waals surface area contributed by atoms with E-state index >= 15 is 4.39 Å². The molecule has 3 amide bonds. The molecule has 3 heterocycles. The third kappa shape index (κ3) is 5.31. The molecule has 2 aliphatic carbocycles. The second-order valence-corrected chi connectivity index (χ2v) is 13.8. The van der Waals surface area contributed by atoms with Gasteiger partial charge < -0.3 is 20.4 Å². The van der Waals surface area contributed by atoms with Crippen LogP contribution in [0.2, 0.25) is 5.02 Å². The largest absolute Gasteiger partial charge is 0.339 e. The van der Waals surface area contributed by atoms with E-state index in [0.29, 0.717) is 48.9 Å². The molecule has 220 valence electrons. The van der Waals surface area contributed by atoms with E-state index in [4.69, 9.17) is 11.6 Å². The molecule has 6 atom stereocenters. The number of nitrogens with zero attached hydrogens (tertiary/aromatic N) is 2. The van der Waals surface area contributed by atoms with Gasteiger partial charge in [0.05, 0.1) is 12.0 Å². The Morgan fingerprint density at radius 1 is 0.976 bits per heavy atom. The Balaban J connectivity index is 1.42. The summed E-state index contributed by atoms with van der Waals surface area (Å²) in [6, 6.07) is 5.65. The number of piperidine rings is 1. The molecule has 2 unspecified atom stereocenters. The number of carbonyl (C=O) groups is 3. The molecule has 3 saturated heterocycles. The summed E-state index contributed by atoms with van der Waals surface area (Å²) in [5, 5.41) is 6.91. The number of rotatable bonds is 4. The average molecular weight is 587 g/mol. The van der Waals surface area contributed by atoms with Crippen molar-refractivity contribution in [3.8, 4) is 0 Å². The number of benzene rings is 1. The van der Waals surface area contributed by atoms with Crippen LogP contribution in [0.3, 0.4) is 0 Å². The summed E-state index contributed by atoms with van der Waals surface area (Å²) < 4.78 is 30.8. The minimum atomic E-state index is -1.06. The molecule has 1 aromatic carbocycles. The Hall–Kier alpha value is -2.78. The van der Waals surface area contributed by atoms with Crippen LogP contribution in [0.5, 0.6) is 0 Å². The summed E-state index contributed by atoms with van der Waals surface area (Å²) in [5.41, 5.74) is 0.759. The normalized spacial score (nSPS) is 31.9. The Kier molecular flexibility index (Phi) is 7.25. The van der Waals surface area contributed by atoms with E-state index < -0.39 is 53.3 Å². The van der Waals surface area contributed by atoms with Crippen LogP contribution >= 0.6 is 11.6 Å².